The number of nitrogens with zero attached hydrogens (tertiary/aromatic N) is 1. The number of halogens is 1. The number of amides is 1. The summed E-state index contributed by atoms with van der Waals surface area (Å²) in [6.45, 7) is 4.18. The number of rotatable bonds is 9. The van der Waals surface area contributed by atoms with Gasteiger partial charge in [-0.15, -0.1) is 11.8 Å². The normalized spacial score (nSPS) is 11.2. The molecule has 0 saturated carbocycles. The minimum Gasteiger partial charge on any atom is -0.357 e. The average molecular weight is 403 g/mol. The lowest BCUT2D eigenvalue weighted by molar-refractivity contribution is 0.0963. The molecule has 0 aliphatic heterocycles. The van der Waals surface area contributed by atoms with Gasteiger partial charge in [0.05, 0.1) is 0 Å². The molecule has 0 heterocycles. The maximum absolute atomic E-state index is 12.9. The number of thioether (sulfide) groups is 1. The van der Waals surface area contributed by atoms with Gasteiger partial charge in [-0.25, -0.2) is 4.39 Å². The summed E-state index contributed by atoms with van der Waals surface area (Å²) in [6, 6.07) is 14.1. The SMILES string of the molecule is CCNC(=NCCc1cccc(C(=O)NC)c1)NCCSc1ccc(F)cc1. The Kier molecular flexibility index (Phi) is 9.34. The molecule has 1 amide bonds. The van der Waals surface area contributed by atoms with E-state index in [0.717, 1.165) is 41.7 Å². The molecule has 7 heteroatoms. The van der Waals surface area contributed by atoms with Crippen LogP contribution in [0.25, 0.3) is 0 Å². The van der Waals surface area contributed by atoms with Crippen molar-refractivity contribution in [2.75, 3.05) is 32.4 Å². The first-order valence-electron chi connectivity index (χ1n) is 9.34. The van der Waals surface area contributed by atoms with Crippen molar-refractivity contribution in [2.45, 2.75) is 18.2 Å². The number of carbonyl (C=O) groups excluding carboxylic acids is 1. The lowest BCUT2D eigenvalue weighted by Gasteiger charge is -2.11. The molecule has 0 saturated heterocycles. The van der Waals surface area contributed by atoms with Crippen LogP contribution in [-0.4, -0.2) is 44.3 Å². The number of guanidine groups is 1. The van der Waals surface area contributed by atoms with Crippen LogP contribution in [0.4, 0.5) is 4.39 Å². The van der Waals surface area contributed by atoms with E-state index in [2.05, 4.69) is 20.9 Å². The van der Waals surface area contributed by atoms with E-state index in [0.29, 0.717) is 12.1 Å². The van der Waals surface area contributed by atoms with Gasteiger partial charge < -0.3 is 16.0 Å². The number of aliphatic imine (C=N–C) groups is 1. The lowest BCUT2D eigenvalue weighted by Crippen LogP contribution is -2.38. The minimum atomic E-state index is -0.218. The summed E-state index contributed by atoms with van der Waals surface area (Å²) < 4.78 is 12.9. The van der Waals surface area contributed by atoms with E-state index in [1.165, 1.54) is 12.1 Å². The van der Waals surface area contributed by atoms with Gasteiger partial charge >= 0.3 is 0 Å². The van der Waals surface area contributed by atoms with E-state index in [1.807, 2.05) is 25.1 Å². The number of hydrogen-bond donors (Lipinski definition) is 3. The largest absolute Gasteiger partial charge is 0.357 e. The highest BCUT2D eigenvalue weighted by molar-refractivity contribution is 7.99. The minimum absolute atomic E-state index is 0.0842. The van der Waals surface area contributed by atoms with Crippen LogP contribution < -0.4 is 16.0 Å². The summed E-state index contributed by atoms with van der Waals surface area (Å²) in [7, 11) is 1.63. The van der Waals surface area contributed by atoms with Crippen molar-refractivity contribution >= 4 is 23.6 Å². The number of benzene rings is 2. The third-order valence-corrected chi connectivity index (χ3v) is 4.92. The number of nitrogens with one attached hydrogen (secondary N) is 3. The third-order valence-electron chi connectivity index (χ3n) is 3.91. The fourth-order valence-corrected chi connectivity index (χ4v) is 3.29. The van der Waals surface area contributed by atoms with E-state index in [1.54, 1.807) is 37.0 Å². The summed E-state index contributed by atoms with van der Waals surface area (Å²) in [4.78, 5) is 17.4. The van der Waals surface area contributed by atoms with Crippen molar-refractivity contribution in [1.82, 2.24) is 16.0 Å². The Morgan fingerprint density at radius 3 is 2.64 bits per heavy atom. The van der Waals surface area contributed by atoms with Crippen LogP contribution >= 0.6 is 11.8 Å². The first kappa shape index (κ1) is 21.8. The molecule has 2 rings (SSSR count). The maximum atomic E-state index is 12.9. The summed E-state index contributed by atoms with van der Waals surface area (Å²) in [5.41, 5.74) is 1.74. The fraction of sp³-hybridized carbons (Fsp3) is 0.333. The van der Waals surface area contributed by atoms with E-state index in [9.17, 15) is 9.18 Å². The molecule has 0 aliphatic carbocycles. The van der Waals surface area contributed by atoms with Gasteiger partial charge in [-0.05, 0) is 55.3 Å². The van der Waals surface area contributed by atoms with Gasteiger partial charge in [0.2, 0.25) is 0 Å². The zero-order valence-corrected chi connectivity index (χ0v) is 17.1. The van der Waals surface area contributed by atoms with Gasteiger partial charge in [0.15, 0.2) is 5.96 Å². The first-order valence-corrected chi connectivity index (χ1v) is 10.3. The van der Waals surface area contributed by atoms with Crippen molar-refractivity contribution in [2.24, 2.45) is 4.99 Å². The second-order valence-corrected chi connectivity index (χ2v) is 7.19. The molecular weight excluding hydrogens is 375 g/mol. The smallest absolute Gasteiger partial charge is 0.251 e. The summed E-state index contributed by atoms with van der Waals surface area (Å²) >= 11 is 1.67. The third kappa shape index (κ3) is 7.60. The van der Waals surface area contributed by atoms with Crippen LogP contribution in [-0.2, 0) is 6.42 Å². The summed E-state index contributed by atoms with van der Waals surface area (Å²) in [6.07, 6.45) is 0.756. The van der Waals surface area contributed by atoms with Crippen molar-refractivity contribution in [3.05, 3.63) is 65.5 Å². The molecule has 0 aliphatic rings. The molecule has 2 aromatic rings. The molecule has 5 nitrogen and oxygen atoms in total. The second-order valence-electron chi connectivity index (χ2n) is 6.02. The summed E-state index contributed by atoms with van der Waals surface area (Å²) in [5.74, 6) is 1.32. The Hall–Kier alpha value is -2.54. The highest BCUT2D eigenvalue weighted by Gasteiger charge is 2.04. The zero-order chi connectivity index (χ0) is 20.2. The van der Waals surface area contributed by atoms with Crippen molar-refractivity contribution in [3.63, 3.8) is 0 Å². The Balaban J connectivity index is 1.79. The van der Waals surface area contributed by atoms with Crippen LogP contribution in [0, 0.1) is 5.82 Å². The van der Waals surface area contributed by atoms with Crippen LogP contribution in [0.3, 0.4) is 0 Å². The Morgan fingerprint density at radius 1 is 1.14 bits per heavy atom. The fourth-order valence-electron chi connectivity index (χ4n) is 2.52. The van der Waals surface area contributed by atoms with E-state index in [4.69, 9.17) is 0 Å². The first-order chi connectivity index (χ1) is 13.6. The van der Waals surface area contributed by atoms with Gasteiger partial charge in [-0.1, -0.05) is 12.1 Å². The molecule has 0 aromatic heterocycles. The molecule has 2 aromatic carbocycles. The zero-order valence-electron chi connectivity index (χ0n) is 16.3. The predicted molar refractivity (Wildman–Crippen MR) is 115 cm³/mol. The molecule has 0 fully saturated rings. The van der Waals surface area contributed by atoms with Gasteiger partial charge in [0, 0.05) is 42.9 Å². The molecule has 0 bridgehead atoms. The van der Waals surface area contributed by atoms with E-state index in [-0.39, 0.29) is 11.7 Å². The second kappa shape index (κ2) is 12.0. The molecule has 0 unspecified atom stereocenters. The molecular formula is C21H27FN4OS. The van der Waals surface area contributed by atoms with Crippen molar-refractivity contribution < 1.29 is 9.18 Å². The topological polar surface area (TPSA) is 65.5 Å². The van der Waals surface area contributed by atoms with Gasteiger partial charge in [0.25, 0.3) is 5.91 Å². The standard InChI is InChI=1S/C21H27FN4OS/c1-3-24-21(26-13-14-28-19-9-7-18(22)8-10-19)25-12-11-16-5-4-6-17(15-16)20(27)23-2/h4-10,15H,3,11-14H2,1-2H3,(H,23,27)(H2,24,25,26). The maximum Gasteiger partial charge on any atom is 0.251 e. The van der Waals surface area contributed by atoms with Crippen LogP contribution in [0.1, 0.15) is 22.8 Å². The Bertz CT molecular complexity index is 780. The van der Waals surface area contributed by atoms with Crippen LogP contribution in [0.5, 0.6) is 0 Å². The van der Waals surface area contributed by atoms with Gasteiger partial charge in [0.1, 0.15) is 5.82 Å². The van der Waals surface area contributed by atoms with E-state index >= 15 is 0 Å². The molecule has 0 radical (unpaired) electrons. The quantitative estimate of drug-likeness (QED) is 0.261. The number of hydrogen-bond acceptors (Lipinski definition) is 3. The molecule has 150 valence electrons. The predicted octanol–water partition coefficient (Wildman–Crippen LogP) is 3.08. The molecule has 28 heavy (non-hydrogen) atoms. The van der Waals surface area contributed by atoms with Crippen LogP contribution in [0.2, 0.25) is 0 Å². The lowest BCUT2D eigenvalue weighted by atomic mass is 10.1. The highest BCUT2D eigenvalue weighted by Crippen LogP contribution is 2.17. The van der Waals surface area contributed by atoms with Gasteiger partial charge in [-0.2, -0.15) is 0 Å². The van der Waals surface area contributed by atoms with E-state index < -0.39 is 0 Å². The molecule has 0 atom stereocenters. The number of carbonyl (C=O) groups is 1. The van der Waals surface area contributed by atoms with Crippen molar-refractivity contribution in [1.29, 1.82) is 0 Å². The van der Waals surface area contributed by atoms with Crippen LogP contribution in [0.15, 0.2) is 58.4 Å². The van der Waals surface area contributed by atoms with Crippen molar-refractivity contribution in [3.8, 4) is 0 Å². The molecule has 0 spiro atoms. The highest BCUT2D eigenvalue weighted by atomic mass is 32.2. The monoisotopic (exact) mass is 402 g/mol. The Labute approximate surface area is 170 Å². The molecule has 3 N–H and O–H groups in total. The Morgan fingerprint density at radius 2 is 1.93 bits per heavy atom. The average Bonchev–Trinajstić information content (AvgIpc) is 2.72. The summed E-state index contributed by atoms with van der Waals surface area (Å²) in [5, 5.41) is 9.17. The van der Waals surface area contributed by atoms with Gasteiger partial charge in [-0.3, -0.25) is 9.79 Å².